The Hall–Kier alpha value is -3.72. The number of hydrogen-bond donors (Lipinski definition) is 0. The molecule has 32 heavy (non-hydrogen) atoms. The smallest absolute Gasteiger partial charge is 0.338 e. The second-order valence-electron chi connectivity index (χ2n) is 6.54. The first-order valence-electron chi connectivity index (χ1n) is 9.73. The molecule has 0 fully saturated rings. The Morgan fingerprint density at radius 3 is 1.56 bits per heavy atom. The maximum Gasteiger partial charge on any atom is 0.338 e. The number of rotatable bonds is 11. The minimum Gasteiger partial charge on any atom is -0.459 e. The molecule has 0 N–H and O–H groups in total. The van der Waals surface area contributed by atoms with Gasteiger partial charge in [-0.05, 0) is 24.3 Å². The van der Waals surface area contributed by atoms with Crippen LogP contribution in [0.3, 0.4) is 0 Å². The van der Waals surface area contributed by atoms with Crippen molar-refractivity contribution in [3.63, 3.8) is 0 Å². The monoisotopic (exact) mass is 444 g/mol. The Morgan fingerprint density at radius 2 is 1.12 bits per heavy atom. The molecule has 0 heterocycles. The van der Waals surface area contributed by atoms with Gasteiger partial charge in [0.25, 0.3) is 0 Å². The third-order valence-corrected chi connectivity index (χ3v) is 4.05. The van der Waals surface area contributed by atoms with Crippen molar-refractivity contribution in [2.24, 2.45) is 0 Å². The van der Waals surface area contributed by atoms with E-state index in [4.69, 9.17) is 23.7 Å². The molecule has 0 spiro atoms. The number of carbonyl (C=O) groups is 4. The highest BCUT2D eigenvalue weighted by Gasteiger charge is 2.29. The Labute approximate surface area is 185 Å². The van der Waals surface area contributed by atoms with Crippen LogP contribution < -0.4 is 0 Å². The fraction of sp³-hybridized carbons (Fsp3) is 0.304. The fourth-order valence-electron chi connectivity index (χ4n) is 2.53. The van der Waals surface area contributed by atoms with Gasteiger partial charge in [-0.25, -0.2) is 9.59 Å². The number of ether oxygens (including phenoxy) is 5. The van der Waals surface area contributed by atoms with Crippen molar-refractivity contribution in [1.82, 2.24) is 0 Å². The first-order chi connectivity index (χ1) is 15.4. The van der Waals surface area contributed by atoms with Gasteiger partial charge >= 0.3 is 23.9 Å². The van der Waals surface area contributed by atoms with Crippen molar-refractivity contribution in [2.45, 2.75) is 26.1 Å². The van der Waals surface area contributed by atoms with E-state index in [1.54, 1.807) is 60.7 Å². The maximum atomic E-state index is 12.3. The molecule has 170 valence electrons. The zero-order chi connectivity index (χ0) is 23.3. The number of benzene rings is 2. The lowest BCUT2D eigenvalue weighted by molar-refractivity contribution is -0.182. The molecule has 2 rings (SSSR count). The van der Waals surface area contributed by atoms with Crippen LogP contribution in [0.5, 0.6) is 0 Å². The van der Waals surface area contributed by atoms with Gasteiger partial charge in [0.1, 0.15) is 19.3 Å². The van der Waals surface area contributed by atoms with Gasteiger partial charge in [0.15, 0.2) is 12.9 Å². The Bertz CT molecular complexity index is 896. The average Bonchev–Trinajstić information content (AvgIpc) is 2.79. The normalized spacial score (nSPS) is 12.2. The lowest BCUT2D eigenvalue weighted by Gasteiger charge is -2.26. The first kappa shape index (κ1) is 24.5. The van der Waals surface area contributed by atoms with Gasteiger partial charge < -0.3 is 23.7 Å². The van der Waals surface area contributed by atoms with Crippen LogP contribution in [-0.2, 0) is 33.3 Å². The first-order valence-corrected chi connectivity index (χ1v) is 9.73. The number of hydrogen-bond acceptors (Lipinski definition) is 9. The molecule has 9 heteroatoms. The fourth-order valence-corrected chi connectivity index (χ4v) is 2.53. The van der Waals surface area contributed by atoms with E-state index in [0.29, 0.717) is 11.1 Å². The second-order valence-corrected chi connectivity index (χ2v) is 6.54. The Balaban J connectivity index is 2.08. The molecule has 0 amide bonds. The van der Waals surface area contributed by atoms with Gasteiger partial charge in [-0.15, -0.1) is 0 Å². The Morgan fingerprint density at radius 1 is 0.656 bits per heavy atom. The molecule has 0 bridgehead atoms. The molecule has 0 aliphatic carbocycles. The van der Waals surface area contributed by atoms with E-state index < -0.39 is 42.9 Å². The molecular weight excluding hydrogens is 420 g/mol. The van der Waals surface area contributed by atoms with E-state index in [1.807, 2.05) is 0 Å². The van der Waals surface area contributed by atoms with E-state index in [-0.39, 0.29) is 13.2 Å². The van der Waals surface area contributed by atoms with Crippen LogP contribution in [0.25, 0.3) is 0 Å². The van der Waals surface area contributed by atoms with E-state index in [1.165, 1.54) is 13.8 Å². The molecule has 0 radical (unpaired) electrons. The minimum absolute atomic E-state index is 0.307. The van der Waals surface area contributed by atoms with Crippen LogP contribution in [0.1, 0.15) is 34.6 Å². The predicted octanol–water partition coefficient (Wildman–Crippen LogP) is 2.54. The third-order valence-electron chi connectivity index (χ3n) is 4.05. The molecule has 2 aromatic carbocycles. The van der Waals surface area contributed by atoms with Gasteiger partial charge in [-0.3, -0.25) is 9.59 Å². The molecule has 0 aliphatic heterocycles. The molecule has 2 atom stereocenters. The van der Waals surface area contributed by atoms with Crippen molar-refractivity contribution in [2.75, 3.05) is 20.0 Å². The number of carbonyl (C=O) groups excluding carboxylic acids is 4. The second kappa shape index (κ2) is 12.9. The minimum atomic E-state index is -1.13. The quantitative estimate of drug-likeness (QED) is 0.293. The van der Waals surface area contributed by atoms with Crippen LogP contribution in [0.4, 0.5) is 0 Å². The zero-order valence-electron chi connectivity index (χ0n) is 17.7. The van der Waals surface area contributed by atoms with E-state index in [9.17, 15) is 19.2 Å². The summed E-state index contributed by atoms with van der Waals surface area (Å²) in [5, 5.41) is 0. The molecule has 0 saturated heterocycles. The summed E-state index contributed by atoms with van der Waals surface area (Å²) < 4.78 is 25.9. The third kappa shape index (κ3) is 8.57. The van der Waals surface area contributed by atoms with Crippen LogP contribution in [0.2, 0.25) is 0 Å². The molecule has 0 aromatic heterocycles. The van der Waals surface area contributed by atoms with Crippen molar-refractivity contribution < 1.29 is 42.9 Å². The summed E-state index contributed by atoms with van der Waals surface area (Å²) in [6, 6.07) is 16.5. The highest BCUT2D eigenvalue weighted by molar-refractivity contribution is 5.89. The van der Waals surface area contributed by atoms with Gasteiger partial charge in [-0.2, -0.15) is 0 Å². The van der Waals surface area contributed by atoms with Crippen LogP contribution in [0.15, 0.2) is 60.7 Å². The largest absolute Gasteiger partial charge is 0.459 e. The van der Waals surface area contributed by atoms with E-state index in [2.05, 4.69) is 0 Å². The van der Waals surface area contributed by atoms with Crippen molar-refractivity contribution in [3.05, 3.63) is 71.8 Å². The van der Waals surface area contributed by atoms with Gasteiger partial charge in [0.05, 0.1) is 11.1 Å². The molecule has 2 aromatic rings. The van der Waals surface area contributed by atoms with Gasteiger partial charge in [0, 0.05) is 13.8 Å². The molecule has 9 nitrogen and oxygen atoms in total. The molecule has 0 saturated carbocycles. The summed E-state index contributed by atoms with van der Waals surface area (Å²) >= 11 is 0. The highest BCUT2D eigenvalue weighted by atomic mass is 16.7. The number of esters is 4. The van der Waals surface area contributed by atoms with Gasteiger partial charge in [-0.1, -0.05) is 36.4 Å². The topological polar surface area (TPSA) is 114 Å². The van der Waals surface area contributed by atoms with Crippen LogP contribution in [-0.4, -0.2) is 56.1 Å². The van der Waals surface area contributed by atoms with E-state index >= 15 is 0 Å². The SMILES string of the molecule is CC(=O)OCOC(COC(=O)c1ccccc1)C(COC(=O)c1ccccc1)OC(C)=O. The van der Waals surface area contributed by atoms with Crippen molar-refractivity contribution in [1.29, 1.82) is 0 Å². The summed E-state index contributed by atoms with van der Waals surface area (Å²) in [6.07, 6.45) is -2.20. The van der Waals surface area contributed by atoms with Crippen molar-refractivity contribution in [3.8, 4) is 0 Å². The summed E-state index contributed by atoms with van der Waals surface area (Å²) in [7, 11) is 0. The van der Waals surface area contributed by atoms with Gasteiger partial charge in [0.2, 0.25) is 0 Å². The summed E-state index contributed by atoms with van der Waals surface area (Å²) in [5.41, 5.74) is 0.618. The summed E-state index contributed by atoms with van der Waals surface area (Å²) in [4.78, 5) is 47.2. The molecule has 0 aliphatic rings. The Kier molecular flexibility index (Phi) is 9.86. The zero-order valence-corrected chi connectivity index (χ0v) is 17.7. The maximum absolute atomic E-state index is 12.3. The predicted molar refractivity (Wildman–Crippen MR) is 111 cm³/mol. The molecular formula is C23H24O9. The lowest BCUT2D eigenvalue weighted by atomic mass is 10.2. The van der Waals surface area contributed by atoms with Crippen LogP contribution in [0, 0.1) is 0 Å². The standard InChI is InChI=1S/C23H24O9/c1-16(24)30-15-31-20(13-28-22(26)18-9-5-3-6-10-18)21(32-17(2)25)14-29-23(27)19-11-7-4-8-12-19/h3-12,20-21H,13-15H2,1-2H3. The summed E-state index contributed by atoms with van der Waals surface area (Å²) in [6.45, 7) is 1.16. The lowest BCUT2D eigenvalue weighted by Crippen LogP contribution is -2.41. The van der Waals surface area contributed by atoms with E-state index in [0.717, 1.165) is 0 Å². The average molecular weight is 444 g/mol. The van der Waals surface area contributed by atoms with Crippen molar-refractivity contribution >= 4 is 23.9 Å². The van der Waals surface area contributed by atoms with Crippen LogP contribution >= 0.6 is 0 Å². The highest BCUT2D eigenvalue weighted by Crippen LogP contribution is 2.11. The molecule has 2 unspecified atom stereocenters. The summed E-state index contributed by atoms with van der Waals surface area (Å²) in [5.74, 6) is -2.52.